The molecule has 0 spiro atoms. The number of carbonyl (C=O) groups is 1. The molecular weight excluding hydrogens is 301 g/mol. The largest absolute Gasteiger partial charge is 0.494 e. The molecule has 2 aromatic rings. The number of hydrogen-bond donors (Lipinski definition) is 1. The molecule has 3 nitrogen and oxygen atoms in total. The Labute approximate surface area is 134 Å². The third kappa shape index (κ3) is 4.07. The van der Waals surface area contributed by atoms with E-state index < -0.39 is 5.82 Å². The Balaban J connectivity index is 2.04. The Bertz CT molecular complexity index is 626. The summed E-state index contributed by atoms with van der Waals surface area (Å²) in [7, 11) is 1.42. The minimum absolute atomic E-state index is 0.0180. The Morgan fingerprint density at radius 3 is 2.68 bits per heavy atom. The van der Waals surface area contributed by atoms with Crippen LogP contribution in [0.15, 0.2) is 35.7 Å². The van der Waals surface area contributed by atoms with Crippen molar-refractivity contribution in [1.82, 2.24) is 5.32 Å². The highest BCUT2D eigenvalue weighted by atomic mass is 32.1. The van der Waals surface area contributed by atoms with Gasteiger partial charge in [-0.15, -0.1) is 11.3 Å². The van der Waals surface area contributed by atoms with Gasteiger partial charge in [0.1, 0.15) is 0 Å². The molecule has 1 N–H and O–H groups in total. The van der Waals surface area contributed by atoms with Gasteiger partial charge in [-0.1, -0.05) is 26.0 Å². The predicted octanol–water partition coefficient (Wildman–Crippen LogP) is 3.95. The van der Waals surface area contributed by atoms with Crippen LogP contribution < -0.4 is 10.1 Å². The van der Waals surface area contributed by atoms with Crippen molar-refractivity contribution in [3.63, 3.8) is 0 Å². The smallest absolute Gasteiger partial charge is 0.224 e. The van der Waals surface area contributed by atoms with E-state index in [4.69, 9.17) is 4.74 Å². The molecule has 0 unspecified atom stereocenters. The zero-order valence-electron chi connectivity index (χ0n) is 12.9. The van der Waals surface area contributed by atoms with Crippen molar-refractivity contribution in [3.8, 4) is 5.75 Å². The summed E-state index contributed by atoms with van der Waals surface area (Å²) >= 11 is 1.62. The fraction of sp³-hybridized carbons (Fsp3) is 0.353. The number of amides is 1. The van der Waals surface area contributed by atoms with Crippen LogP contribution in [0.5, 0.6) is 5.75 Å². The van der Waals surface area contributed by atoms with Crippen molar-refractivity contribution in [1.29, 1.82) is 0 Å². The van der Waals surface area contributed by atoms with Crippen molar-refractivity contribution < 1.29 is 13.9 Å². The topological polar surface area (TPSA) is 38.3 Å². The first-order valence-electron chi connectivity index (χ1n) is 7.16. The maximum atomic E-state index is 13.7. The Hall–Kier alpha value is -1.88. The summed E-state index contributed by atoms with van der Waals surface area (Å²) in [6.07, 6.45) is 0.148. The fourth-order valence-corrected chi connectivity index (χ4v) is 3.21. The van der Waals surface area contributed by atoms with Crippen molar-refractivity contribution in [2.24, 2.45) is 5.92 Å². The van der Waals surface area contributed by atoms with Gasteiger partial charge in [-0.3, -0.25) is 4.79 Å². The third-order valence-corrected chi connectivity index (χ3v) is 4.37. The third-order valence-electron chi connectivity index (χ3n) is 3.41. The van der Waals surface area contributed by atoms with Crippen LogP contribution in [0.4, 0.5) is 4.39 Å². The highest BCUT2D eigenvalue weighted by molar-refractivity contribution is 7.10. The van der Waals surface area contributed by atoms with E-state index in [9.17, 15) is 9.18 Å². The highest BCUT2D eigenvalue weighted by Crippen LogP contribution is 2.26. The molecule has 118 valence electrons. The molecule has 1 aromatic carbocycles. The number of benzene rings is 1. The van der Waals surface area contributed by atoms with Gasteiger partial charge in [-0.25, -0.2) is 4.39 Å². The second-order valence-electron chi connectivity index (χ2n) is 5.45. The number of halogens is 1. The second-order valence-corrected chi connectivity index (χ2v) is 6.43. The SMILES string of the molecule is COc1ccc(CC(=O)N[C@H](c2cccs2)C(C)C)cc1F. The quantitative estimate of drug-likeness (QED) is 0.875. The molecule has 22 heavy (non-hydrogen) atoms. The number of methoxy groups -OCH3 is 1. The van der Waals surface area contributed by atoms with Crippen LogP contribution >= 0.6 is 11.3 Å². The molecule has 1 aromatic heterocycles. The molecule has 1 atom stereocenters. The average Bonchev–Trinajstić information content (AvgIpc) is 2.98. The fourth-order valence-electron chi connectivity index (χ4n) is 2.26. The molecule has 5 heteroatoms. The van der Waals surface area contributed by atoms with Gasteiger partial charge in [0.05, 0.1) is 19.6 Å². The Morgan fingerprint density at radius 1 is 1.36 bits per heavy atom. The molecule has 0 aliphatic rings. The first-order valence-corrected chi connectivity index (χ1v) is 8.04. The summed E-state index contributed by atoms with van der Waals surface area (Å²) in [6.45, 7) is 4.13. The Kier molecular flexibility index (Phi) is 5.55. The van der Waals surface area contributed by atoms with E-state index in [0.29, 0.717) is 5.56 Å². The van der Waals surface area contributed by atoms with E-state index in [1.807, 2.05) is 17.5 Å². The molecule has 0 fully saturated rings. The number of rotatable bonds is 6. The van der Waals surface area contributed by atoms with Gasteiger partial charge in [0.2, 0.25) is 5.91 Å². The first-order chi connectivity index (χ1) is 10.5. The lowest BCUT2D eigenvalue weighted by molar-refractivity contribution is -0.121. The van der Waals surface area contributed by atoms with Crippen LogP contribution in [0.2, 0.25) is 0 Å². The minimum Gasteiger partial charge on any atom is -0.494 e. The molecule has 2 rings (SSSR count). The van der Waals surface area contributed by atoms with Crippen LogP contribution in [-0.2, 0) is 11.2 Å². The number of carbonyl (C=O) groups excluding carboxylic acids is 1. The summed E-state index contributed by atoms with van der Waals surface area (Å²) in [6, 6.07) is 8.56. The van der Waals surface area contributed by atoms with Crippen molar-refractivity contribution in [2.45, 2.75) is 26.3 Å². The molecule has 0 bridgehead atoms. The van der Waals surface area contributed by atoms with Gasteiger partial charge >= 0.3 is 0 Å². The van der Waals surface area contributed by atoms with Gasteiger partial charge in [0.15, 0.2) is 11.6 Å². The van der Waals surface area contributed by atoms with Crippen LogP contribution in [0.25, 0.3) is 0 Å². The Morgan fingerprint density at radius 2 is 2.14 bits per heavy atom. The molecular formula is C17H20FNO2S. The normalized spacial score (nSPS) is 12.2. The summed E-state index contributed by atoms with van der Waals surface area (Å²) in [5, 5.41) is 5.03. The molecule has 1 amide bonds. The molecule has 0 saturated heterocycles. The van der Waals surface area contributed by atoms with Gasteiger partial charge in [-0.2, -0.15) is 0 Å². The van der Waals surface area contributed by atoms with Crippen LogP contribution in [0.3, 0.4) is 0 Å². The van der Waals surface area contributed by atoms with Crippen LogP contribution in [0, 0.1) is 11.7 Å². The van der Waals surface area contributed by atoms with Crippen LogP contribution in [-0.4, -0.2) is 13.0 Å². The van der Waals surface area contributed by atoms with Gasteiger partial charge in [0.25, 0.3) is 0 Å². The maximum absolute atomic E-state index is 13.7. The van der Waals surface area contributed by atoms with E-state index in [1.54, 1.807) is 17.4 Å². The lowest BCUT2D eigenvalue weighted by Gasteiger charge is -2.21. The zero-order chi connectivity index (χ0) is 16.1. The first kappa shape index (κ1) is 16.5. The maximum Gasteiger partial charge on any atom is 0.224 e. The monoisotopic (exact) mass is 321 g/mol. The zero-order valence-corrected chi connectivity index (χ0v) is 13.7. The number of hydrogen-bond acceptors (Lipinski definition) is 3. The van der Waals surface area contributed by atoms with Gasteiger partial charge < -0.3 is 10.1 Å². The van der Waals surface area contributed by atoms with E-state index >= 15 is 0 Å². The lowest BCUT2D eigenvalue weighted by Crippen LogP contribution is -2.32. The molecule has 0 saturated carbocycles. The molecule has 1 heterocycles. The molecule has 0 aliphatic carbocycles. The van der Waals surface area contributed by atoms with E-state index in [2.05, 4.69) is 19.2 Å². The minimum atomic E-state index is -0.452. The standard InChI is InChI=1S/C17H20FNO2S/c1-11(2)17(15-5-4-8-22-15)19-16(20)10-12-6-7-14(21-3)13(18)9-12/h4-9,11,17H,10H2,1-3H3,(H,19,20)/t17-/m0/s1. The summed E-state index contributed by atoms with van der Waals surface area (Å²) in [5.41, 5.74) is 0.629. The van der Waals surface area contributed by atoms with Crippen molar-refractivity contribution in [2.75, 3.05) is 7.11 Å². The highest BCUT2D eigenvalue weighted by Gasteiger charge is 2.19. The molecule has 0 aliphatic heterocycles. The number of ether oxygens (including phenoxy) is 1. The van der Waals surface area contributed by atoms with E-state index in [1.165, 1.54) is 19.2 Å². The van der Waals surface area contributed by atoms with Gasteiger partial charge in [0, 0.05) is 4.88 Å². The number of nitrogens with one attached hydrogen (secondary N) is 1. The van der Waals surface area contributed by atoms with Crippen molar-refractivity contribution >= 4 is 17.2 Å². The number of thiophene rings is 1. The van der Waals surface area contributed by atoms with Gasteiger partial charge in [-0.05, 0) is 35.1 Å². The lowest BCUT2D eigenvalue weighted by atomic mass is 10.0. The summed E-state index contributed by atoms with van der Waals surface area (Å²) in [4.78, 5) is 13.4. The summed E-state index contributed by atoms with van der Waals surface area (Å²) in [5.74, 6) is -0.0962. The van der Waals surface area contributed by atoms with Crippen molar-refractivity contribution in [3.05, 3.63) is 52.0 Å². The second kappa shape index (κ2) is 7.40. The predicted molar refractivity (Wildman–Crippen MR) is 86.7 cm³/mol. The molecule has 0 radical (unpaired) electrons. The van der Waals surface area contributed by atoms with Crippen LogP contribution in [0.1, 0.15) is 30.3 Å². The average molecular weight is 321 g/mol. The summed E-state index contributed by atoms with van der Waals surface area (Å²) < 4.78 is 18.5. The van der Waals surface area contributed by atoms with E-state index in [-0.39, 0.29) is 30.0 Å². The van der Waals surface area contributed by atoms with E-state index in [0.717, 1.165) is 4.88 Å².